The van der Waals surface area contributed by atoms with Crippen LogP contribution in [0.1, 0.15) is 38.1 Å². The number of fused-ring (bicyclic) bond motifs is 1. The van der Waals surface area contributed by atoms with Crippen molar-refractivity contribution in [3.63, 3.8) is 0 Å². The first-order valence-corrected chi connectivity index (χ1v) is 8.88. The van der Waals surface area contributed by atoms with Gasteiger partial charge in [0, 0.05) is 5.56 Å². The average molecular weight is 354 g/mol. The highest BCUT2D eigenvalue weighted by Gasteiger charge is 2.27. The zero-order valence-corrected chi connectivity index (χ0v) is 15.7. The molecule has 26 heavy (non-hydrogen) atoms. The SMILES string of the molecule is CC(C)[C@H](NC(=O)c1ccc2ccccc2c1)C(=O)N[C@H](C=O)C(C)C. The van der Waals surface area contributed by atoms with Crippen LogP contribution in [0.2, 0.25) is 0 Å². The Morgan fingerprint density at radius 2 is 1.54 bits per heavy atom. The summed E-state index contributed by atoms with van der Waals surface area (Å²) in [7, 11) is 0. The maximum atomic E-state index is 12.6. The van der Waals surface area contributed by atoms with Crippen LogP contribution >= 0.6 is 0 Å². The number of carbonyl (C=O) groups excluding carboxylic acids is 3. The molecule has 0 bridgehead atoms. The van der Waals surface area contributed by atoms with Crippen LogP contribution in [-0.4, -0.2) is 30.2 Å². The Balaban J connectivity index is 2.16. The molecule has 2 aromatic carbocycles. The van der Waals surface area contributed by atoms with Gasteiger partial charge in [-0.1, -0.05) is 58.0 Å². The van der Waals surface area contributed by atoms with Gasteiger partial charge in [0.15, 0.2) is 0 Å². The predicted molar refractivity (Wildman–Crippen MR) is 103 cm³/mol. The predicted octanol–water partition coefficient (Wildman–Crippen LogP) is 2.93. The van der Waals surface area contributed by atoms with Gasteiger partial charge in [-0.2, -0.15) is 0 Å². The van der Waals surface area contributed by atoms with E-state index in [1.54, 1.807) is 6.07 Å². The summed E-state index contributed by atoms with van der Waals surface area (Å²) in [6, 6.07) is 11.9. The first kappa shape index (κ1) is 19.6. The van der Waals surface area contributed by atoms with Gasteiger partial charge in [0.05, 0.1) is 6.04 Å². The highest BCUT2D eigenvalue weighted by atomic mass is 16.2. The zero-order valence-electron chi connectivity index (χ0n) is 15.7. The number of nitrogens with one attached hydrogen (secondary N) is 2. The Morgan fingerprint density at radius 3 is 2.12 bits per heavy atom. The van der Waals surface area contributed by atoms with Crippen molar-refractivity contribution in [3.05, 3.63) is 48.0 Å². The lowest BCUT2D eigenvalue weighted by molar-refractivity contribution is -0.127. The van der Waals surface area contributed by atoms with Crippen molar-refractivity contribution in [2.45, 2.75) is 39.8 Å². The molecule has 5 heteroatoms. The maximum absolute atomic E-state index is 12.6. The van der Waals surface area contributed by atoms with Crippen molar-refractivity contribution in [1.82, 2.24) is 10.6 Å². The number of hydrogen-bond acceptors (Lipinski definition) is 3. The van der Waals surface area contributed by atoms with E-state index < -0.39 is 12.1 Å². The van der Waals surface area contributed by atoms with E-state index in [0.717, 1.165) is 17.1 Å². The summed E-state index contributed by atoms with van der Waals surface area (Å²) in [4.78, 5) is 36.3. The van der Waals surface area contributed by atoms with Crippen LogP contribution in [0.3, 0.4) is 0 Å². The summed E-state index contributed by atoms with van der Waals surface area (Å²) in [6.07, 6.45) is 0.727. The van der Waals surface area contributed by atoms with Crippen molar-refractivity contribution < 1.29 is 14.4 Å². The molecule has 0 aliphatic carbocycles. The lowest BCUT2D eigenvalue weighted by atomic mass is 10.00. The van der Waals surface area contributed by atoms with Crippen molar-refractivity contribution in [2.75, 3.05) is 0 Å². The molecule has 0 aliphatic heterocycles. The zero-order chi connectivity index (χ0) is 19.3. The van der Waals surface area contributed by atoms with Crippen LogP contribution in [0.5, 0.6) is 0 Å². The molecule has 0 aromatic heterocycles. The molecular weight excluding hydrogens is 328 g/mol. The fourth-order valence-electron chi connectivity index (χ4n) is 2.70. The molecule has 0 unspecified atom stereocenters. The molecule has 0 heterocycles. The van der Waals surface area contributed by atoms with Gasteiger partial charge in [0.2, 0.25) is 5.91 Å². The van der Waals surface area contributed by atoms with Crippen LogP contribution in [0.15, 0.2) is 42.5 Å². The monoisotopic (exact) mass is 354 g/mol. The molecule has 0 radical (unpaired) electrons. The Hall–Kier alpha value is -2.69. The van der Waals surface area contributed by atoms with Gasteiger partial charge < -0.3 is 15.4 Å². The minimum Gasteiger partial charge on any atom is -0.345 e. The molecule has 5 nitrogen and oxygen atoms in total. The lowest BCUT2D eigenvalue weighted by Crippen LogP contribution is -2.53. The Kier molecular flexibility index (Phi) is 6.50. The van der Waals surface area contributed by atoms with Gasteiger partial charge in [-0.25, -0.2) is 0 Å². The summed E-state index contributed by atoms with van der Waals surface area (Å²) >= 11 is 0. The minimum atomic E-state index is -0.713. The van der Waals surface area contributed by atoms with Crippen molar-refractivity contribution in [2.24, 2.45) is 11.8 Å². The summed E-state index contributed by atoms with van der Waals surface area (Å²) in [5, 5.41) is 7.52. The quantitative estimate of drug-likeness (QED) is 0.751. The smallest absolute Gasteiger partial charge is 0.251 e. The molecule has 138 valence electrons. The van der Waals surface area contributed by atoms with Crippen molar-refractivity contribution in [3.8, 4) is 0 Å². The molecule has 2 atom stereocenters. The van der Waals surface area contributed by atoms with E-state index in [0.29, 0.717) is 5.56 Å². The van der Waals surface area contributed by atoms with Gasteiger partial charge in [-0.05, 0) is 34.7 Å². The fraction of sp³-hybridized carbons (Fsp3) is 0.381. The van der Waals surface area contributed by atoms with E-state index in [-0.39, 0.29) is 23.7 Å². The second kappa shape index (κ2) is 8.61. The van der Waals surface area contributed by atoms with Gasteiger partial charge >= 0.3 is 0 Å². The molecule has 0 fully saturated rings. The normalized spacial score (nSPS) is 13.5. The third kappa shape index (κ3) is 4.69. The first-order valence-electron chi connectivity index (χ1n) is 8.88. The van der Waals surface area contributed by atoms with Crippen LogP contribution in [0.25, 0.3) is 10.8 Å². The summed E-state index contributed by atoms with van der Waals surface area (Å²) in [5.41, 5.74) is 0.498. The molecule has 2 N–H and O–H groups in total. The second-order valence-electron chi connectivity index (χ2n) is 7.17. The van der Waals surface area contributed by atoms with Gasteiger partial charge in [0.1, 0.15) is 12.3 Å². The molecule has 0 spiro atoms. The number of hydrogen-bond donors (Lipinski definition) is 2. The number of benzene rings is 2. The summed E-state index contributed by atoms with van der Waals surface area (Å²) < 4.78 is 0. The van der Waals surface area contributed by atoms with E-state index in [1.165, 1.54) is 0 Å². The molecule has 0 saturated heterocycles. The number of carbonyl (C=O) groups is 3. The van der Waals surface area contributed by atoms with E-state index in [2.05, 4.69) is 10.6 Å². The summed E-state index contributed by atoms with van der Waals surface area (Å²) in [5.74, 6) is -0.781. The standard InChI is InChI=1S/C21H26N2O3/c1-13(2)18(12-24)22-21(26)19(14(3)4)23-20(25)17-10-9-15-7-5-6-8-16(15)11-17/h5-14,18-19H,1-4H3,(H,22,26)(H,23,25)/t18-,19+/m1/s1. The third-order valence-electron chi connectivity index (χ3n) is 4.42. The van der Waals surface area contributed by atoms with Crippen LogP contribution in [0.4, 0.5) is 0 Å². The van der Waals surface area contributed by atoms with Gasteiger partial charge in [-0.15, -0.1) is 0 Å². The highest BCUT2D eigenvalue weighted by Crippen LogP contribution is 2.16. The molecule has 2 aromatic rings. The lowest BCUT2D eigenvalue weighted by Gasteiger charge is -2.25. The van der Waals surface area contributed by atoms with Gasteiger partial charge in [0.25, 0.3) is 5.91 Å². The highest BCUT2D eigenvalue weighted by molar-refractivity contribution is 6.01. The van der Waals surface area contributed by atoms with E-state index in [1.807, 2.05) is 64.1 Å². The van der Waals surface area contributed by atoms with Crippen LogP contribution in [-0.2, 0) is 9.59 Å². The Morgan fingerprint density at radius 1 is 0.885 bits per heavy atom. The Bertz CT molecular complexity index is 799. The summed E-state index contributed by atoms with van der Waals surface area (Å²) in [6.45, 7) is 7.43. The Labute approximate surface area is 154 Å². The molecule has 0 aliphatic rings. The molecular formula is C21H26N2O3. The topological polar surface area (TPSA) is 75.3 Å². The second-order valence-corrected chi connectivity index (χ2v) is 7.17. The maximum Gasteiger partial charge on any atom is 0.251 e. The number of aldehydes is 1. The molecule has 2 amide bonds. The van der Waals surface area contributed by atoms with Crippen molar-refractivity contribution >= 4 is 28.9 Å². The fourth-order valence-corrected chi connectivity index (χ4v) is 2.70. The van der Waals surface area contributed by atoms with Gasteiger partial charge in [-0.3, -0.25) is 9.59 Å². The molecule has 2 rings (SSSR count). The van der Waals surface area contributed by atoms with E-state index in [4.69, 9.17) is 0 Å². The van der Waals surface area contributed by atoms with Crippen molar-refractivity contribution in [1.29, 1.82) is 0 Å². The molecule has 0 saturated carbocycles. The van der Waals surface area contributed by atoms with E-state index in [9.17, 15) is 14.4 Å². The van der Waals surface area contributed by atoms with Crippen LogP contribution in [0, 0.1) is 11.8 Å². The largest absolute Gasteiger partial charge is 0.345 e. The number of amides is 2. The number of rotatable bonds is 7. The van der Waals surface area contributed by atoms with E-state index >= 15 is 0 Å². The first-order chi connectivity index (χ1) is 12.3. The minimum absolute atomic E-state index is 0.0135. The third-order valence-corrected chi connectivity index (χ3v) is 4.42. The average Bonchev–Trinajstić information content (AvgIpc) is 2.62. The van der Waals surface area contributed by atoms with Crippen LogP contribution < -0.4 is 10.6 Å².